The lowest BCUT2D eigenvalue weighted by Crippen LogP contribution is -2.24. The SMILES string of the molecule is CNC(C)Cc1cc2cc(F)ccc2n1C. The molecule has 0 fully saturated rings. The summed E-state index contributed by atoms with van der Waals surface area (Å²) >= 11 is 0. The Kier molecular flexibility index (Phi) is 2.97. The maximum Gasteiger partial charge on any atom is 0.123 e. The average molecular weight is 220 g/mol. The van der Waals surface area contributed by atoms with E-state index in [0.717, 1.165) is 17.3 Å². The molecule has 2 rings (SSSR count). The Morgan fingerprint density at radius 2 is 2.12 bits per heavy atom. The molecule has 1 N–H and O–H groups in total. The summed E-state index contributed by atoms with van der Waals surface area (Å²) in [5, 5.41) is 4.18. The highest BCUT2D eigenvalue weighted by molar-refractivity contribution is 5.81. The molecular formula is C13H17FN2. The van der Waals surface area contributed by atoms with Crippen LogP contribution in [0.25, 0.3) is 10.9 Å². The van der Waals surface area contributed by atoms with Crippen molar-refractivity contribution in [1.82, 2.24) is 9.88 Å². The lowest BCUT2D eigenvalue weighted by atomic mass is 10.2. The maximum absolute atomic E-state index is 13.1. The van der Waals surface area contributed by atoms with Crippen molar-refractivity contribution >= 4 is 10.9 Å². The van der Waals surface area contributed by atoms with Gasteiger partial charge in [-0.05, 0) is 38.2 Å². The van der Waals surface area contributed by atoms with E-state index in [9.17, 15) is 4.39 Å². The van der Waals surface area contributed by atoms with Crippen LogP contribution >= 0.6 is 0 Å². The fraction of sp³-hybridized carbons (Fsp3) is 0.385. The van der Waals surface area contributed by atoms with Gasteiger partial charge in [-0.3, -0.25) is 0 Å². The Hall–Kier alpha value is -1.35. The molecule has 0 spiro atoms. The zero-order chi connectivity index (χ0) is 11.7. The molecule has 0 saturated carbocycles. The van der Waals surface area contributed by atoms with Crippen LogP contribution in [0.3, 0.4) is 0 Å². The Morgan fingerprint density at radius 3 is 2.81 bits per heavy atom. The quantitative estimate of drug-likeness (QED) is 0.840. The zero-order valence-electron chi connectivity index (χ0n) is 9.92. The van der Waals surface area contributed by atoms with E-state index in [2.05, 4.69) is 22.9 Å². The number of nitrogens with one attached hydrogen (secondary N) is 1. The van der Waals surface area contributed by atoms with Crippen LogP contribution in [-0.4, -0.2) is 17.7 Å². The van der Waals surface area contributed by atoms with E-state index in [-0.39, 0.29) is 5.82 Å². The second kappa shape index (κ2) is 4.26. The molecule has 0 bridgehead atoms. The van der Waals surface area contributed by atoms with Crippen LogP contribution in [-0.2, 0) is 13.5 Å². The van der Waals surface area contributed by atoms with E-state index in [0.29, 0.717) is 6.04 Å². The van der Waals surface area contributed by atoms with Gasteiger partial charge in [0.2, 0.25) is 0 Å². The molecule has 3 heteroatoms. The minimum atomic E-state index is -0.175. The molecule has 0 aliphatic heterocycles. The van der Waals surface area contributed by atoms with Crippen molar-refractivity contribution in [3.05, 3.63) is 35.8 Å². The molecule has 86 valence electrons. The normalized spacial score (nSPS) is 13.2. The summed E-state index contributed by atoms with van der Waals surface area (Å²) in [6.07, 6.45) is 0.948. The summed E-state index contributed by atoms with van der Waals surface area (Å²) in [6, 6.07) is 7.41. The molecule has 0 saturated heterocycles. The van der Waals surface area contributed by atoms with Gasteiger partial charge in [-0.15, -0.1) is 0 Å². The van der Waals surface area contributed by atoms with Gasteiger partial charge in [0.05, 0.1) is 0 Å². The minimum absolute atomic E-state index is 0.175. The monoisotopic (exact) mass is 220 g/mol. The predicted octanol–water partition coefficient (Wildman–Crippen LogP) is 2.47. The summed E-state index contributed by atoms with van der Waals surface area (Å²) < 4.78 is 15.2. The molecule has 0 amide bonds. The van der Waals surface area contributed by atoms with Crippen LogP contribution in [0.15, 0.2) is 24.3 Å². The highest BCUT2D eigenvalue weighted by Gasteiger charge is 2.08. The molecule has 1 unspecified atom stereocenters. The Morgan fingerprint density at radius 1 is 1.38 bits per heavy atom. The first-order chi connectivity index (χ1) is 7.61. The first-order valence-electron chi connectivity index (χ1n) is 5.53. The number of halogens is 1. The third-order valence-electron chi connectivity index (χ3n) is 3.11. The summed E-state index contributed by atoms with van der Waals surface area (Å²) in [6.45, 7) is 2.14. The second-order valence-electron chi connectivity index (χ2n) is 4.29. The van der Waals surface area contributed by atoms with Gasteiger partial charge in [-0.2, -0.15) is 0 Å². The molecule has 2 aromatic rings. The third kappa shape index (κ3) is 1.95. The van der Waals surface area contributed by atoms with Crippen molar-refractivity contribution in [3.8, 4) is 0 Å². The van der Waals surface area contributed by atoms with Crippen LogP contribution in [0.2, 0.25) is 0 Å². The molecule has 1 heterocycles. The maximum atomic E-state index is 13.1. The van der Waals surface area contributed by atoms with Gasteiger partial charge in [0.15, 0.2) is 0 Å². The van der Waals surface area contributed by atoms with Gasteiger partial charge >= 0.3 is 0 Å². The molecule has 0 aliphatic rings. The van der Waals surface area contributed by atoms with Crippen LogP contribution in [0.4, 0.5) is 4.39 Å². The number of aromatic nitrogens is 1. The smallest absolute Gasteiger partial charge is 0.123 e. The van der Waals surface area contributed by atoms with Gasteiger partial charge in [-0.1, -0.05) is 0 Å². The number of nitrogens with zero attached hydrogens (tertiary/aromatic N) is 1. The zero-order valence-corrected chi connectivity index (χ0v) is 9.92. The first kappa shape index (κ1) is 11.1. The highest BCUT2D eigenvalue weighted by atomic mass is 19.1. The van der Waals surface area contributed by atoms with Crippen LogP contribution in [0, 0.1) is 5.82 Å². The van der Waals surface area contributed by atoms with Crippen molar-refractivity contribution in [2.24, 2.45) is 7.05 Å². The highest BCUT2D eigenvalue weighted by Crippen LogP contribution is 2.20. The molecule has 0 radical (unpaired) electrons. The molecule has 1 atom stereocenters. The van der Waals surface area contributed by atoms with Crippen LogP contribution in [0.5, 0.6) is 0 Å². The van der Waals surface area contributed by atoms with Gasteiger partial charge < -0.3 is 9.88 Å². The number of aryl methyl sites for hydroxylation is 1. The van der Waals surface area contributed by atoms with Gasteiger partial charge in [0.1, 0.15) is 5.82 Å². The largest absolute Gasteiger partial charge is 0.348 e. The summed E-state index contributed by atoms with van der Waals surface area (Å²) in [7, 11) is 3.98. The van der Waals surface area contributed by atoms with E-state index in [1.54, 1.807) is 6.07 Å². The fourth-order valence-electron chi connectivity index (χ4n) is 1.99. The Labute approximate surface area is 95.1 Å². The number of fused-ring (bicyclic) bond motifs is 1. The van der Waals surface area contributed by atoms with Crippen LogP contribution < -0.4 is 5.32 Å². The summed E-state index contributed by atoms with van der Waals surface area (Å²) in [4.78, 5) is 0. The number of hydrogen-bond donors (Lipinski definition) is 1. The fourth-order valence-corrected chi connectivity index (χ4v) is 1.99. The first-order valence-corrected chi connectivity index (χ1v) is 5.53. The third-order valence-corrected chi connectivity index (χ3v) is 3.11. The topological polar surface area (TPSA) is 17.0 Å². The predicted molar refractivity (Wildman–Crippen MR) is 65.1 cm³/mol. The van der Waals surface area contributed by atoms with E-state index < -0.39 is 0 Å². The standard InChI is InChI=1S/C13H17FN2/c1-9(15-2)6-12-8-10-7-11(14)4-5-13(10)16(12)3/h4-5,7-9,15H,6H2,1-3H3. The molecule has 0 aliphatic carbocycles. The molecular weight excluding hydrogens is 203 g/mol. The molecule has 2 nitrogen and oxygen atoms in total. The van der Waals surface area contributed by atoms with E-state index in [1.807, 2.05) is 20.2 Å². The van der Waals surface area contributed by atoms with Crippen molar-refractivity contribution in [1.29, 1.82) is 0 Å². The lowest BCUT2D eigenvalue weighted by Gasteiger charge is -2.10. The van der Waals surface area contributed by atoms with E-state index in [4.69, 9.17) is 0 Å². The lowest BCUT2D eigenvalue weighted by molar-refractivity contribution is 0.591. The van der Waals surface area contributed by atoms with E-state index >= 15 is 0 Å². The minimum Gasteiger partial charge on any atom is -0.348 e. The summed E-state index contributed by atoms with van der Waals surface area (Å²) in [5.74, 6) is -0.175. The number of likely N-dealkylation sites (N-methyl/N-ethyl adjacent to an activating group) is 1. The van der Waals surface area contributed by atoms with Crippen molar-refractivity contribution in [2.45, 2.75) is 19.4 Å². The molecule has 16 heavy (non-hydrogen) atoms. The molecule has 1 aromatic carbocycles. The van der Waals surface area contributed by atoms with Crippen LogP contribution in [0.1, 0.15) is 12.6 Å². The Bertz CT molecular complexity index is 502. The van der Waals surface area contributed by atoms with Crippen molar-refractivity contribution < 1.29 is 4.39 Å². The van der Waals surface area contributed by atoms with Crippen molar-refractivity contribution in [3.63, 3.8) is 0 Å². The Balaban J connectivity index is 2.43. The number of rotatable bonds is 3. The van der Waals surface area contributed by atoms with Gasteiger partial charge in [0, 0.05) is 36.1 Å². The number of benzene rings is 1. The van der Waals surface area contributed by atoms with Gasteiger partial charge in [-0.25, -0.2) is 4.39 Å². The summed E-state index contributed by atoms with van der Waals surface area (Å²) in [5.41, 5.74) is 2.31. The average Bonchev–Trinajstić information content (AvgIpc) is 2.55. The van der Waals surface area contributed by atoms with Crippen molar-refractivity contribution in [2.75, 3.05) is 7.05 Å². The molecule has 1 aromatic heterocycles. The van der Waals surface area contributed by atoms with E-state index in [1.165, 1.54) is 11.8 Å². The van der Waals surface area contributed by atoms with Gasteiger partial charge in [0.25, 0.3) is 0 Å². The number of hydrogen-bond acceptors (Lipinski definition) is 1. The second-order valence-corrected chi connectivity index (χ2v) is 4.29.